The number of carbonyl (C=O) groups is 1. The van der Waals surface area contributed by atoms with Gasteiger partial charge >= 0.3 is 0 Å². The second-order valence-corrected chi connectivity index (χ2v) is 10.5. The van der Waals surface area contributed by atoms with E-state index in [1.807, 2.05) is 32.0 Å². The average Bonchev–Trinajstić information content (AvgIpc) is 2.79. The fraction of sp³-hybridized carbons (Fsp3) is 0.0800. The molecule has 0 fully saturated rings. The van der Waals surface area contributed by atoms with Crippen LogP contribution in [0.3, 0.4) is 0 Å². The fourth-order valence-corrected chi connectivity index (χ4v) is 5.27. The highest BCUT2D eigenvalue weighted by Crippen LogP contribution is 2.33. The second kappa shape index (κ2) is 8.79. The summed E-state index contributed by atoms with van der Waals surface area (Å²) in [6.45, 7) is 3.90. The number of anilines is 2. The summed E-state index contributed by atoms with van der Waals surface area (Å²) in [4.78, 5) is 21.7. The Kier molecular flexibility index (Phi) is 5.78. The van der Waals surface area contributed by atoms with E-state index in [2.05, 4.69) is 35.9 Å². The molecule has 2 heterocycles. The normalized spacial score (nSPS) is 14.2. The molecular formula is C25H19BrN4O4S. The Labute approximate surface area is 210 Å². The van der Waals surface area contributed by atoms with E-state index in [4.69, 9.17) is 4.74 Å². The molecule has 6 bridgehead atoms. The van der Waals surface area contributed by atoms with Crippen molar-refractivity contribution in [3.63, 3.8) is 0 Å². The van der Waals surface area contributed by atoms with E-state index in [9.17, 15) is 13.2 Å². The lowest BCUT2D eigenvalue weighted by Gasteiger charge is -2.15. The molecule has 0 saturated heterocycles. The van der Waals surface area contributed by atoms with Crippen molar-refractivity contribution in [2.24, 2.45) is 0 Å². The molecule has 8 nitrogen and oxygen atoms in total. The minimum atomic E-state index is -4.07. The number of benzene rings is 3. The number of aryl methyl sites for hydroxylation is 2. The van der Waals surface area contributed by atoms with Gasteiger partial charge in [-0.25, -0.2) is 18.1 Å². The van der Waals surface area contributed by atoms with Crippen LogP contribution in [0, 0.1) is 13.8 Å². The first-order valence-electron chi connectivity index (χ1n) is 10.6. The first kappa shape index (κ1) is 23.0. The monoisotopic (exact) mass is 550 g/mol. The Bertz CT molecular complexity index is 1590. The van der Waals surface area contributed by atoms with E-state index in [0.29, 0.717) is 27.2 Å². The quantitative estimate of drug-likeness (QED) is 0.315. The molecular weight excluding hydrogens is 532 g/mol. The van der Waals surface area contributed by atoms with Gasteiger partial charge in [-0.15, -0.1) is 0 Å². The maximum atomic E-state index is 13.2. The highest BCUT2D eigenvalue weighted by Gasteiger charge is 2.21. The number of aromatic nitrogens is 2. The zero-order valence-electron chi connectivity index (χ0n) is 18.7. The summed E-state index contributed by atoms with van der Waals surface area (Å²) >= 11 is 3.40. The molecule has 0 spiro atoms. The largest absolute Gasteiger partial charge is 0.439 e. The van der Waals surface area contributed by atoms with Gasteiger partial charge in [0.05, 0.1) is 16.2 Å². The van der Waals surface area contributed by atoms with Gasteiger partial charge in [0, 0.05) is 21.8 Å². The van der Waals surface area contributed by atoms with E-state index in [0.717, 1.165) is 16.7 Å². The molecule has 5 rings (SSSR count). The molecule has 0 aliphatic carbocycles. The maximum Gasteiger partial charge on any atom is 0.264 e. The lowest BCUT2D eigenvalue weighted by Crippen LogP contribution is -2.17. The second-order valence-electron chi connectivity index (χ2n) is 8.01. The molecule has 10 heteroatoms. The third-order valence-electron chi connectivity index (χ3n) is 5.47. The zero-order chi connectivity index (χ0) is 24.7. The van der Waals surface area contributed by atoms with Gasteiger partial charge in [0.25, 0.3) is 15.9 Å². The van der Waals surface area contributed by atoms with E-state index >= 15 is 0 Å². The molecule has 1 aromatic heterocycles. The van der Waals surface area contributed by atoms with Crippen LogP contribution in [0.2, 0.25) is 0 Å². The number of hydrogen-bond donors (Lipinski definition) is 2. The number of amides is 1. The van der Waals surface area contributed by atoms with Gasteiger partial charge < -0.3 is 10.1 Å². The average molecular weight is 551 g/mol. The summed E-state index contributed by atoms with van der Waals surface area (Å²) < 4.78 is 35.3. The van der Waals surface area contributed by atoms with Crippen molar-refractivity contribution >= 4 is 43.5 Å². The van der Waals surface area contributed by atoms with E-state index in [1.165, 1.54) is 12.1 Å². The van der Waals surface area contributed by atoms with Crippen LogP contribution in [-0.4, -0.2) is 24.3 Å². The van der Waals surface area contributed by atoms with Gasteiger partial charge in [-0.3, -0.25) is 4.79 Å². The Balaban J connectivity index is 1.74. The van der Waals surface area contributed by atoms with Crippen LogP contribution in [0.5, 0.6) is 11.6 Å². The van der Waals surface area contributed by atoms with Gasteiger partial charge in [0.2, 0.25) is 11.8 Å². The van der Waals surface area contributed by atoms with Crippen molar-refractivity contribution in [1.29, 1.82) is 0 Å². The van der Waals surface area contributed by atoms with Gasteiger partial charge in [0.1, 0.15) is 5.75 Å². The van der Waals surface area contributed by atoms with Crippen LogP contribution < -0.4 is 14.8 Å². The molecule has 1 amide bonds. The van der Waals surface area contributed by atoms with Crippen LogP contribution in [0.25, 0.3) is 11.3 Å². The molecule has 0 unspecified atom stereocenters. The first-order chi connectivity index (χ1) is 16.7. The maximum absolute atomic E-state index is 13.2. The van der Waals surface area contributed by atoms with Crippen molar-refractivity contribution in [2.45, 2.75) is 18.7 Å². The van der Waals surface area contributed by atoms with Crippen LogP contribution in [0.4, 0.5) is 11.6 Å². The number of hydrogen-bond acceptors (Lipinski definition) is 6. The lowest BCUT2D eigenvalue weighted by atomic mass is 10.00. The van der Waals surface area contributed by atoms with Gasteiger partial charge in [0.15, 0.2) is 0 Å². The minimum Gasteiger partial charge on any atom is -0.439 e. The SMILES string of the molecule is Cc1cccc(C)c1-c1cc2nc(n1)NS(=O)(=O)c1cccc(c1)NC(=O)c1cc(ccc1Br)O2. The first-order valence-corrected chi connectivity index (χ1v) is 12.8. The summed E-state index contributed by atoms with van der Waals surface area (Å²) in [5.74, 6) is -0.0931. The number of sulfonamides is 1. The van der Waals surface area contributed by atoms with E-state index < -0.39 is 15.9 Å². The summed E-state index contributed by atoms with van der Waals surface area (Å²) in [6, 6.07) is 18.4. The standard InChI is InChI=1S/C25H19BrN4O4S/c1-14-5-3-6-15(2)23(14)21-13-22-29-25(28-21)30-35(32,33)18-8-4-7-16(11-18)27-24(31)19-12-17(34-22)9-10-20(19)26/h3-13H,1-2H3,(H,27,31)(H,28,29,30). The lowest BCUT2D eigenvalue weighted by molar-refractivity contribution is 0.102. The zero-order valence-corrected chi connectivity index (χ0v) is 21.1. The summed E-state index contributed by atoms with van der Waals surface area (Å²) in [6.07, 6.45) is 0. The molecule has 0 saturated carbocycles. The Morgan fingerprint density at radius 1 is 0.914 bits per heavy atom. The van der Waals surface area contributed by atoms with Gasteiger partial charge in [-0.05, 0) is 77.3 Å². The summed E-state index contributed by atoms with van der Waals surface area (Å²) in [7, 11) is -4.07. The molecule has 0 radical (unpaired) electrons. The van der Waals surface area contributed by atoms with Crippen LogP contribution in [-0.2, 0) is 10.0 Å². The van der Waals surface area contributed by atoms with Crippen molar-refractivity contribution in [1.82, 2.24) is 9.97 Å². The van der Waals surface area contributed by atoms with Gasteiger partial charge in [-0.1, -0.05) is 24.3 Å². The molecule has 0 atom stereocenters. The van der Waals surface area contributed by atoms with E-state index in [-0.39, 0.29) is 16.7 Å². The Morgan fingerprint density at radius 3 is 2.43 bits per heavy atom. The summed E-state index contributed by atoms with van der Waals surface area (Å²) in [5.41, 5.74) is 3.91. The van der Waals surface area contributed by atoms with Crippen molar-refractivity contribution in [2.75, 3.05) is 10.0 Å². The number of rotatable bonds is 1. The molecule has 1 aliphatic rings. The fourth-order valence-electron chi connectivity index (χ4n) is 3.85. The van der Waals surface area contributed by atoms with Crippen molar-refractivity contribution in [3.05, 3.63) is 87.9 Å². The number of halogens is 1. The van der Waals surface area contributed by atoms with Crippen LogP contribution in [0.15, 0.2) is 76.1 Å². The topological polar surface area (TPSA) is 110 Å². The van der Waals surface area contributed by atoms with Gasteiger partial charge in [-0.2, -0.15) is 4.98 Å². The van der Waals surface area contributed by atoms with Crippen molar-refractivity contribution in [3.8, 4) is 22.9 Å². The molecule has 4 aromatic rings. The third-order valence-corrected chi connectivity index (χ3v) is 7.49. The van der Waals surface area contributed by atoms with E-state index in [1.54, 1.807) is 36.4 Å². The molecule has 1 aliphatic heterocycles. The third kappa shape index (κ3) is 4.62. The number of carbonyl (C=O) groups excluding carboxylic acids is 1. The van der Waals surface area contributed by atoms with Crippen molar-refractivity contribution < 1.29 is 17.9 Å². The smallest absolute Gasteiger partial charge is 0.264 e. The molecule has 2 N–H and O–H groups in total. The number of fused-ring (bicyclic) bond motifs is 6. The number of nitrogens with zero attached hydrogens (tertiary/aromatic N) is 2. The van der Waals surface area contributed by atoms with Crippen LogP contribution in [0.1, 0.15) is 21.5 Å². The summed E-state index contributed by atoms with van der Waals surface area (Å²) in [5, 5.41) is 2.73. The van der Waals surface area contributed by atoms with Crippen LogP contribution >= 0.6 is 15.9 Å². The number of ether oxygens (including phenoxy) is 1. The Morgan fingerprint density at radius 2 is 1.66 bits per heavy atom. The number of nitrogens with one attached hydrogen (secondary N) is 2. The highest BCUT2D eigenvalue weighted by atomic mass is 79.9. The molecule has 3 aromatic carbocycles. The predicted molar refractivity (Wildman–Crippen MR) is 136 cm³/mol. The highest BCUT2D eigenvalue weighted by molar-refractivity contribution is 9.10. The molecule has 176 valence electrons. The molecule has 35 heavy (non-hydrogen) atoms. The minimum absolute atomic E-state index is 0.0521. The Hall–Kier alpha value is -3.76. The predicted octanol–water partition coefficient (Wildman–Crippen LogP) is 5.68.